The number of nitrogens with zero attached hydrogens (tertiary/aromatic N) is 1. The fourth-order valence-electron chi connectivity index (χ4n) is 6.85. The van der Waals surface area contributed by atoms with Crippen molar-refractivity contribution in [2.45, 2.75) is 142 Å². The molecule has 0 aliphatic carbocycles. The van der Waals surface area contributed by atoms with E-state index in [2.05, 4.69) is 23.3 Å². The van der Waals surface area contributed by atoms with Crippen molar-refractivity contribution in [2.75, 3.05) is 32.9 Å². The Bertz CT molecular complexity index is 1940. The summed E-state index contributed by atoms with van der Waals surface area (Å²) < 4.78 is 63.6. The number of anilines is 3. The largest absolute Gasteiger partial charge is 0.506 e. The topological polar surface area (TPSA) is 185 Å². The second kappa shape index (κ2) is 24.7. The molecule has 57 heavy (non-hydrogen) atoms. The number of unbranched alkanes of at least 4 members (excludes halogenated alkanes) is 18. The molecule has 2 amide bonds. The highest BCUT2D eigenvalue weighted by atomic mass is 32.2. The molecule has 0 unspecified atom stereocenters. The molecule has 5 N–H and O–H groups in total. The molecule has 0 bridgehead atoms. The van der Waals surface area contributed by atoms with Gasteiger partial charge in [0.1, 0.15) is 5.75 Å². The first kappa shape index (κ1) is 47.3. The number of fused-ring (bicyclic) bond motifs is 1. The number of primary amides is 1. The molecule has 0 spiro atoms. The number of nitrogens with one attached hydrogen (secondary N) is 2. The average Bonchev–Trinajstić information content (AvgIpc) is 3.16. The summed E-state index contributed by atoms with van der Waals surface area (Å²) in [5, 5.41) is 11.4. The van der Waals surface area contributed by atoms with Gasteiger partial charge in [0.15, 0.2) is 5.75 Å². The molecule has 0 heterocycles. The second-order valence-electron chi connectivity index (χ2n) is 15.0. The smallest absolute Gasteiger partial charge is 0.419 e. The molecule has 3 rings (SSSR count). The second-order valence-corrected chi connectivity index (χ2v) is 18.7. The van der Waals surface area contributed by atoms with E-state index >= 15 is 0 Å². The van der Waals surface area contributed by atoms with Crippen LogP contribution in [0.3, 0.4) is 0 Å². The third kappa shape index (κ3) is 16.8. The van der Waals surface area contributed by atoms with Gasteiger partial charge in [0, 0.05) is 17.8 Å². The first-order chi connectivity index (χ1) is 27.3. The third-order valence-corrected chi connectivity index (χ3v) is 12.9. The number of carbonyl (C=O) groups is 2. The van der Waals surface area contributed by atoms with Crippen LogP contribution in [0.2, 0.25) is 0 Å². The Balaban J connectivity index is 1.71. The molecule has 0 saturated heterocycles. The first-order valence-corrected chi connectivity index (χ1v) is 24.2. The zero-order valence-electron chi connectivity index (χ0n) is 34.3. The molecular weight excluding hydrogens is 765 g/mol. The Morgan fingerprint density at radius 3 is 1.65 bits per heavy atom. The van der Waals surface area contributed by atoms with Crippen LogP contribution in [0.1, 0.15) is 153 Å². The van der Waals surface area contributed by atoms with Crippen molar-refractivity contribution in [1.29, 1.82) is 0 Å². The fraction of sp³-hybridized carbons (Fsp3) is 0.581. The molecule has 3 aromatic rings. The van der Waals surface area contributed by atoms with Gasteiger partial charge in [0.05, 0.1) is 34.1 Å². The lowest BCUT2D eigenvalue weighted by atomic mass is 10.0. The van der Waals surface area contributed by atoms with Crippen molar-refractivity contribution >= 4 is 59.9 Å². The zero-order chi connectivity index (χ0) is 41.7. The maximum absolute atomic E-state index is 13.6. The lowest BCUT2D eigenvalue weighted by Gasteiger charge is -2.21. The number of sulfonamides is 2. The molecule has 318 valence electrons. The van der Waals surface area contributed by atoms with Crippen molar-refractivity contribution in [3.63, 3.8) is 0 Å². The number of benzene rings is 3. The highest BCUT2D eigenvalue weighted by Gasteiger charge is 2.22. The summed E-state index contributed by atoms with van der Waals surface area (Å²) in [5.41, 5.74) is 5.69. The van der Waals surface area contributed by atoms with Crippen LogP contribution in [0.25, 0.3) is 10.8 Å². The Labute approximate surface area is 341 Å². The van der Waals surface area contributed by atoms with Gasteiger partial charge in [-0.25, -0.2) is 21.6 Å². The van der Waals surface area contributed by atoms with Gasteiger partial charge < -0.3 is 15.6 Å². The van der Waals surface area contributed by atoms with Gasteiger partial charge in [0.2, 0.25) is 20.0 Å². The highest BCUT2D eigenvalue weighted by molar-refractivity contribution is 7.93. The van der Waals surface area contributed by atoms with Crippen molar-refractivity contribution in [2.24, 2.45) is 5.73 Å². The lowest BCUT2D eigenvalue weighted by Crippen LogP contribution is -2.30. The van der Waals surface area contributed by atoms with Gasteiger partial charge in [-0.1, -0.05) is 148 Å². The van der Waals surface area contributed by atoms with Crippen LogP contribution < -0.4 is 24.8 Å². The monoisotopic (exact) mass is 830 g/mol. The summed E-state index contributed by atoms with van der Waals surface area (Å²) in [6.07, 6.45) is 20.3. The van der Waals surface area contributed by atoms with E-state index in [0.29, 0.717) is 29.3 Å². The molecule has 3 aromatic carbocycles. The van der Waals surface area contributed by atoms with Crippen molar-refractivity contribution in [3.8, 4) is 11.5 Å². The number of aromatic hydroxyl groups is 1. The molecule has 0 saturated carbocycles. The fourth-order valence-corrected chi connectivity index (χ4v) is 9.20. The van der Waals surface area contributed by atoms with Crippen LogP contribution in [0, 0.1) is 0 Å². The van der Waals surface area contributed by atoms with Gasteiger partial charge in [-0.3, -0.25) is 19.1 Å². The van der Waals surface area contributed by atoms with Crippen LogP contribution in [0.4, 0.5) is 21.9 Å². The molecule has 0 aliphatic rings. The van der Waals surface area contributed by atoms with E-state index in [0.717, 1.165) is 51.4 Å². The van der Waals surface area contributed by atoms with Crippen molar-refractivity contribution in [1.82, 2.24) is 0 Å². The minimum atomic E-state index is -3.91. The standard InChI is InChI=1S/C43H66N4O8S2/c1-4-6-8-10-12-14-16-18-20-22-31-56(51,52)45-34-27-30-40(38(33-34)46-57(53,54)32-23-21-19-17-15-13-11-9-7-5-2)55-43(50)47(3)39-26-24-25-36-35(39)28-29-37(41(36)48)42(44)49/h24-30,33,45-46,48H,4-23,31-32H2,1-3H3,(H2,44,49). The van der Waals surface area contributed by atoms with Crippen LogP contribution >= 0.6 is 0 Å². The quantitative estimate of drug-likeness (QED) is 0.0498. The predicted octanol–water partition coefficient (Wildman–Crippen LogP) is 10.6. The predicted molar refractivity (Wildman–Crippen MR) is 234 cm³/mol. The highest BCUT2D eigenvalue weighted by Crippen LogP contribution is 2.36. The molecule has 0 fully saturated rings. The van der Waals surface area contributed by atoms with E-state index in [4.69, 9.17) is 10.5 Å². The Morgan fingerprint density at radius 2 is 1.14 bits per heavy atom. The molecular formula is C43H66N4O8S2. The summed E-state index contributed by atoms with van der Waals surface area (Å²) >= 11 is 0. The normalized spacial score (nSPS) is 11.8. The van der Waals surface area contributed by atoms with Crippen LogP contribution in [-0.2, 0) is 20.0 Å². The number of rotatable bonds is 29. The van der Waals surface area contributed by atoms with E-state index in [1.54, 1.807) is 24.3 Å². The number of carbonyl (C=O) groups excluding carboxylic acids is 2. The molecule has 0 aromatic heterocycles. The minimum absolute atomic E-state index is 0.0705. The summed E-state index contributed by atoms with van der Waals surface area (Å²) in [7, 11) is -6.21. The Kier molecular flexibility index (Phi) is 20.5. The molecule has 12 nitrogen and oxygen atoms in total. The van der Waals surface area contributed by atoms with Gasteiger partial charge in [-0.15, -0.1) is 0 Å². The van der Waals surface area contributed by atoms with Crippen molar-refractivity contribution < 1.29 is 36.3 Å². The first-order valence-electron chi connectivity index (χ1n) is 20.9. The number of hydrogen-bond donors (Lipinski definition) is 4. The van der Waals surface area contributed by atoms with Gasteiger partial charge in [-0.2, -0.15) is 0 Å². The molecule has 0 aliphatic heterocycles. The van der Waals surface area contributed by atoms with Gasteiger partial charge in [-0.05, 0) is 43.2 Å². The Hall–Kier alpha value is -4.04. The van der Waals surface area contributed by atoms with E-state index in [-0.39, 0.29) is 39.9 Å². The summed E-state index contributed by atoms with van der Waals surface area (Å²) in [4.78, 5) is 26.5. The number of nitrogens with two attached hydrogens (primary N) is 1. The van der Waals surface area contributed by atoms with Gasteiger partial charge >= 0.3 is 6.09 Å². The molecule has 14 heteroatoms. The van der Waals surface area contributed by atoms with E-state index in [1.165, 1.54) is 100 Å². The van der Waals surface area contributed by atoms with E-state index in [1.807, 2.05) is 0 Å². The van der Waals surface area contributed by atoms with Crippen LogP contribution in [0.15, 0.2) is 48.5 Å². The summed E-state index contributed by atoms with van der Waals surface area (Å²) in [6, 6.07) is 11.8. The van der Waals surface area contributed by atoms with E-state index < -0.39 is 32.0 Å². The van der Waals surface area contributed by atoms with Gasteiger partial charge in [0.25, 0.3) is 5.91 Å². The minimum Gasteiger partial charge on any atom is -0.506 e. The number of phenols is 1. The summed E-state index contributed by atoms with van der Waals surface area (Å²) in [5.74, 6) is -1.49. The maximum Gasteiger partial charge on any atom is 0.419 e. The third-order valence-electron chi connectivity index (χ3n) is 10.2. The number of amides is 2. The average molecular weight is 831 g/mol. The van der Waals surface area contributed by atoms with Crippen molar-refractivity contribution in [3.05, 3.63) is 54.1 Å². The van der Waals surface area contributed by atoms with Crippen LogP contribution in [-0.4, -0.2) is 52.5 Å². The molecule has 0 atom stereocenters. The summed E-state index contributed by atoms with van der Waals surface area (Å²) in [6.45, 7) is 4.39. The lowest BCUT2D eigenvalue weighted by molar-refractivity contribution is 0.0998. The van der Waals surface area contributed by atoms with E-state index in [9.17, 15) is 31.5 Å². The van der Waals surface area contributed by atoms with Crippen LogP contribution in [0.5, 0.6) is 11.5 Å². The molecule has 0 radical (unpaired) electrons. The Morgan fingerprint density at radius 1 is 0.649 bits per heavy atom. The zero-order valence-corrected chi connectivity index (χ0v) is 36.0. The SMILES string of the molecule is CCCCCCCCCCCCS(=O)(=O)Nc1ccc(OC(=O)N(C)c2cccc3c(O)c(C(N)=O)ccc23)c(NS(=O)(=O)CCCCCCCCCCCC)c1. The maximum atomic E-state index is 13.6. The number of ether oxygens (including phenoxy) is 1. The number of hydrogen-bond acceptors (Lipinski definition) is 8.